The second kappa shape index (κ2) is 8.54. The van der Waals surface area contributed by atoms with Gasteiger partial charge in [0, 0.05) is 12.0 Å². The molecule has 1 aliphatic heterocycles. The molecule has 1 amide bonds. The highest BCUT2D eigenvalue weighted by Crippen LogP contribution is 2.39. The first-order valence-corrected chi connectivity index (χ1v) is 12.4. The molecule has 1 N–H and O–H groups in total. The Morgan fingerprint density at radius 3 is 2.39 bits per heavy atom. The van der Waals surface area contributed by atoms with Crippen molar-refractivity contribution < 1.29 is 17.9 Å². The summed E-state index contributed by atoms with van der Waals surface area (Å²) in [6.07, 6.45) is 2.09. The zero-order valence-corrected chi connectivity index (χ0v) is 19.9. The van der Waals surface area contributed by atoms with Crippen LogP contribution in [0.25, 0.3) is 0 Å². The Labute approximate surface area is 185 Å². The first-order chi connectivity index (χ1) is 14.4. The molecule has 2 aromatic rings. The first-order valence-electron chi connectivity index (χ1n) is 10.6. The third-order valence-corrected chi connectivity index (χ3v) is 6.66. The van der Waals surface area contributed by atoms with Crippen molar-refractivity contribution in [1.82, 2.24) is 5.32 Å². The summed E-state index contributed by atoms with van der Waals surface area (Å²) < 4.78 is 32.9. The van der Waals surface area contributed by atoms with Gasteiger partial charge in [0.15, 0.2) is 0 Å². The van der Waals surface area contributed by atoms with Gasteiger partial charge in [-0.05, 0) is 63.4 Å². The van der Waals surface area contributed by atoms with Crippen LogP contribution in [-0.4, -0.2) is 32.2 Å². The number of hydrogen-bond acceptors (Lipinski definition) is 4. The van der Waals surface area contributed by atoms with E-state index in [1.165, 1.54) is 4.31 Å². The molecule has 0 radical (unpaired) electrons. The topological polar surface area (TPSA) is 75.7 Å². The van der Waals surface area contributed by atoms with Gasteiger partial charge in [0.1, 0.15) is 17.4 Å². The number of amides is 1. The number of fused-ring (bicyclic) bond motifs is 1. The van der Waals surface area contributed by atoms with Gasteiger partial charge in [-0.2, -0.15) is 0 Å². The van der Waals surface area contributed by atoms with E-state index in [0.717, 1.165) is 28.7 Å². The molecule has 31 heavy (non-hydrogen) atoms. The summed E-state index contributed by atoms with van der Waals surface area (Å²) in [5.74, 6) is 0.427. The van der Waals surface area contributed by atoms with E-state index in [1.807, 2.05) is 65.0 Å². The lowest BCUT2D eigenvalue weighted by Crippen LogP contribution is -2.51. The normalized spacial score (nSPS) is 18.5. The van der Waals surface area contributed by atoms with Gasteiger partial charge < -0.3 is 10.1 Å². The predicted molar refractivity (Wildman–Crippen MR) is 124 cm³/mol. The van der Waals surface area contributed by atoms with E-state index in [4.69, 9.17) is 4.74 Å². The fourth-order valence-corrected chi connectivity index (χ4v) is 5.53. The Morgan fingerprint density at radius 1 is 1.19 bits per heavy atom. The maximum atomic E-state index is 13.4. The quantitative estimate of drug-likeness (QED) is 0.722. The van der Waals surface area contributed by atoms with Gasteiger partial charge in [0.05, 0.1) is 18.0 Å². The number of sulfonamides is 1. The second-order valence-electron chi connectivity index (χ2n) is 8.99. The summed E-state index contributed by atoms with van der Waals surface area (Å²) in [4.78, 5) is 13.4. The van der Waals surface area contributed by atoms with Crippen molar-refractivity contribution in [2.45, 2.75) is 65.1 Å². The number of hydrogen-bond donors (Lipinski definition) is 1. The zero-order valence-electron chi connectivity index (χ0n) is 19.1. The van der Waals surface area contributed by atoms with Crippen molar-refractivity contribution >= 4 is 21.6 Å². The van der Waals surface area contributed by atoms with Gasteiger partial charge in [-0.3, -0.25) is 9.10 Å². The van der Waals surface area contributed by atoms with E-state index in [-0.39, 0.29) is 11.9 Å². The predicted octanol–water partition coefficient (Wildman–Crippen LogP) is 4.27. The third kappa shape index (κ3) is 5.21. The minimum atomic E-state index is -3.68. The molecular formula is C24H32N2O4S. The molecule has 1 heterocycles. The van der Waals surface area contributed by atoms with Crippen molar-refractivity contribution in [3.63, 3.8) is 0 Å². The Morgan fingerprint density at radius 2 is 1.81 bits per heavy atom. The highest BCUT2D eigenvalue weighted by molar-refractivity contribution is 7.92. The Balaban J connectivity index is 1.96. The van der Waals surface area contributed by atoms with Crippen LogP contribution in [0.3, 0.4) is 0 Å². The number of anilines is 1. The summed E-state index contributed by atoms with van der Waals surface area (Å²) in [6, 6.07) is 12.1. The maximum absolute atomic E-state index is 13.4. The monoisotopic (exact) mass is 444 g/mol. The van der Waals surface area contributed by atoms with E-state index < -0.39 is 21.7 Å². The van der Waals surface area contributed by atoms with Crippen molar-refractivity contribution in [1.29, 1.82) is 0 Å². The molecule has 0 aliphatic carbocycles. The molecule has 3 rings (SSSR count). The molecule has 0 saturated heterocycles. The summed E-state index contributed by atoms with van der Waals surface area (Å²) in [5, 5.41) is 3.11. The lowest BCUT2D eigenvalue weighted by Gasteiger charge is -2.39. The van der Waals surface area contributed by atoms with E-state index in [2.05, 4.69) is 5.32 Å². The van der Waals surface area contributed by atoms with Crippen LogP contribution in [0.4, 0.5) is 5.69 Å². The van der Waals surface area contributed by atoms with Crippen LogP contribution in [0.2, 0.25) is 0 Å². The molecule has 7 heteroatoms. The SMILES string of the molecule is CCC(C(=O)NC1CC(C)(C)Oc2ccccc21)N(c1cc(C)cc(C)c1)S(C)(=O)=O. The number of benzene rings is 2. The number of nitrogens with zero attached hydrogens (tertiary/aromatic N) is 1. The molecule has 0 bridgehead atoms. The van der Waals surface area contributed by atoms with Gasteiger partial charge in [-0.25, -0.2) is 8.42 Å². The number of para-hydroxylation sites is 1. The molecule has 2 aromatic carbocycles. The summed E-state index contributed by atoms with van der Waals surface area (Å²) in [5.41, 5.74) is 2.85. The van der Waals surface area contributed by atoms with Crippen LogP contribution in [-0.2, 0) is 14.8 Å². The zero-order chi connectivity index (χ0) is 23.0. The van der Waals surface area contributed by atoms with Crippen LogP contribution >= 0.6 is 0 Å². The van der Waals surface area contributed by atoms with Crippen LogP contribution in [0.15, 0.2) is 42.5 Å². The molecule has 0 spiro atoms. The molecule has 168 valence electrons. The van der Waals surface area contributed by atoms with Crippen LogP contribution in [0.5, 0.6) is 5.75 Å². The molecule has 1 aliphatic rings. The fraction of sp³-hybridized carbons (Fsp3) is 0.458. The highest BCUT2D eigenvalue weighted by atomic mass is 32.2. The van der Waals surface area contributed by atoms with Gasteiger partial charge in [-0.1, -0.05) is 31.2 Å². The lowest BCUT2D eigenvalue weighted by atomic mass is 9.89. The molecule has 0 fully saturated rings. The van der Waals surface area contributed by atoms with Crippen molar-refractivity contribution in [2.24, 2.45) is 0 Å². The lowest BCUT2D eigenvalue weighted by molar-refractivity contribution is -0.123. The summed E-state index contributed by atoms with van der Waals surface area (Å²) >= 11 is 0. The molecule has 0 aromatic heterocycles. The standard InChI is InChI=1S/C24H32N2O4S/c1-7-21(26(31(6,28)29)18-13-16(2)12-17(3)14-18)23(27)25-20-15-24(4,5)30-22-11-9-8-10-19(20)22/h8-14,20-21H,7,15H2,1-6H3,(H,25,27). The Hall–Kier alpha value is -2.54. The maximum Gasteiger partial charge on any atom is 0.244 e. The van der Waals surface area contributed by atoms with E-state index >= 15 is 0 Å². The Kier molecular flexibility index (Phi) is 6.37. The average molecular weight is 445 g/mol. The number of aryl methyl sites for hydroxylation is 2. The molecule has 2 unspecified atom stereocenters. The molecule has 6 nitrogen and oxygen atoms in total. The van der Waals surface area contributed by atoms with E-state index in [1.54, 1.807) is 12.1 Å². The van der Waals surface area contributed by atoms with Gasteiger partial charge in [0.2, 0.25) is 15.9 Å². The number of carbonyl (C=O) groups is 1. The minimum Gasteiger partial charge on any atom is -0.487 e. The molecule has 2 atom stereocenters. The van der Waals surface area contributed by atoms with Crippen molar-refractivity contribution in [3.8, 4) is 5.75 Å². The number of carbonyl (C=O) groups excluding carboxylic acids is 1. The number of nitrogens with one attached hydrogen (secondary N) is 1. The van der Waals surface area contributed by atoms with E-state index in [9.17, 15) is 13.2 Å². The molecular weight excluding hydrogens is 412 g/mol. The van der Waals surface area contributed by atoms with Crippen LogP contribution in [0, 0.1) is 13.8 Å². The van der Waals surface area contributed by atoms with Gasteiger partial charge in [-0.15, -0.1) is 0 Å². The Bertz CT molecular complexity index is 1060. The highest BCUT2D eigenvalue weighted by Gasteiger charge is 2.37. The largest absolute Gasteiger partial charge is 0.487 e. The van der Waals surface area contributed by atoms with Gasteiger partial charge >= 0.3 is 0 Å². The van der Waals surface area contributed by atoms with E-state index in [0.29, 0.717) is 18.5 Å². The smallest absolute Gasteiger partial charge is 0.244 e. The van der Waals surface area contributed by atoms with Crippen molar-refractivity contribution in [2.75, 3.05) is 10.6 Å². The van der Waals surface area contributed by atoms with Crippen LogP contribution in [0.1, 0.15) is 56.3 Å². The molecule has 0 saturated carbocycles. The summed E-state index contributed by atoms with van der Waals surface area (Å²) in [6.45, 7) is 9.63. The fourth-order valence-electron chi connectivity index (χ4n) is 4.34. The number of rotatable bonds is 6. The third-order valence-electron chi connectivity index (χ3n) is 5.48. The van der Waals surface area contributed by atoms with Crippen molar-refractivity contribution in [3.05, 3.63) is 59.2 Å². The first kappa shape index (κ1) is 23.1. The summed E-state index contributed by atoms with van der Waals surface area (Å²) in [7, 11) is -3.68. The average Bonchev–Trinajstić information content (AvgIpc) is 2.63. The second-order valence-corrected chi connectivity index (χ2v) is 10.9. The van der Waals surface area contributed by atoms with Gasteiger partial charge in [0.25, 0.3) is 0 Å². The number of ether oxygens (including phenoxy) is 1. The van der Waals surface area contributed by atoms with Crippen LogP contribution < -0.4 is 14.4 Å². The minimum absolute atomic E-state index is 0.262.